The van der Waals surface area contributed by atoms with Crippen molar-refractivity contribution >= 4 is 5.69 Å². The molecule has 0 aromatic heterocycles. The minimum atomic E-state index is -0.394. The Morgan fingerprint density at radius 2 is 1.94 bits per heavy atom. The van der Waals surface area contributed by atoms with E-state index in [-0.39, 0.29) is 11.1 Å². The van der Waals surface area contributed by atoms with Crippen molar-refractivity contribution < 1.29 is 4.92 Å². The number of benzene rings is 1. The van der Waals surface area contributed by atoms with E-state index in [1.54, 1.807) is 13.0 Å². The van der Waals surface area contributed by atoms with Gasteiger partial charge < -0.3 is 0 Å². The Morgan fingerprint density at radius 1 is 1.38 bits per heavy atom. The Kier molecular flexibility index (Phi) is 2.99. The van der Waals surface area contributed by atoms with Gasteiger partial charge in [0, 0.05) is 11.6 Å². The highest BCUT2D eigenvalue weighted by molar-refractivity contribution is 5.53. The van der Waals surface area contributed by atoms with Crippen LogP contribution in [0.2, 0.25) is 0 Å². The maximum atomic E-state index is 10.9. The Balaban J connectivity index is 3.57. The maximum Gasteiger partial charge on any atom is 0.273 e. The normalized spacial score (nSPS) is 10.9. The first-order valence-corrected chi connectivity index (χ1v) is 4.97. The standard InChI is InChI=1S/C12H14N2O2/c1-8-5-11(14(15)16)10(12(2,3)4)6-9(8)7-13/h5-6H,1-4H3. The third-order valence-corrected chi connectivity index (χ3v) is 2.47. The first-order valence-electron chi connectivity index (χ1n) is 4.97. The second-order valence-corrected chi connectivity index (χ2v) is 4.80. The van der Waals surface area contributed by atoms with Crippen LogP contribution in [0.3, 0.4) is 0 Å². The molecule has 1 aromatic carbocycles. The zero-order valence-electron chi connectivity index (χ0n) is 9.87. The third-order valence-electron chi connectivity index (χ3n) is 2.47. The van der Waals surface area contributed by atoms with Crippen LogP contribution in [-0.4, -0.2) is 4.92 Å². The molecular weight excluding hydrogens is 204 g/mol. The molecule has 0 aliphatic carbocycles. The Bertz CT molecular complexity index is 479. The first kappa shape index (κ1) is 12.2. The van der Waals surface area contributed by atoms with Crippen molar-refractivity contribution in [3.63, 3.8) is 0 Å². The lowest BCUT2D eigenvalue weighted by molar-refractivity contribution is -0.386. The molecule has 16 heavy (non-hydrogen) atoms. The van der Waals surface area contributed by atoms with Gasteiger partial charge in [-0.3, -0.25) is 10.1 Å². The van der Waals surface area contributed by atoms with Gasteiger partial charge in [0.25, 0.3) is 5.69 Å². The van der Waals surface area contributed by atoms with Gasteiger partial charge in [-0.15, -0.1) is 0 Å². The zero-order valence-corrected chi connectivity index (χ0v) is 9.87. The molecule has 0 unspecified atom stereocenters. The molecule has 0 heterocycles. The number of nitriles is 1. The fourth-order valence-corrected chi connectivity index (χ4v) is 1.56. The van der Waals surface area contributed by atoms with E-state index < -0.39 is 4.92 Å². The molecule has 0 saturated heterocycles. The Hall–Kier alpha value is -1.89. The lowest BCUT2D eigenvalue weighted by Gasteiger charge is -2.19. The fourth-order valence-electron chi connectivity index (χ4n) is 1.56. The molecule has 0 aliphatic rings. The summed E-state index contributed by atoms with van der Waals surface area (Å²) in [6.07, 6.45) is 0. The van der Waals surface area contributed by atoms with Crippen molar-refractivity contribution in [1.82, 2.24) is 0 Å². The van der Waals surface area contributed by atoms with Crippen LogP contribution in [-0.2, 0) is 5.41 Å². The molecule has 0 spiro atoms. The summed E-state index contributed by atoms with van der Waals surface area (Å²) in [6, 6.07) is 5.14. The van der Waals surface area contributed by atoms with Crippen molar-refractivity contribution in [2.45, 2.75) is 33.1 Å². The van der Waals surface area contributed by atoms with Crippen LogP contribution in [0.1, 0.15) is 37.5 Å². The third kappa shape index (κ3) is 2.19. The molecule has 4 nitrogen and oxygen atoms in total. The minimum Gasteiger partial charge on any atom is -0.258 e. The lowest BCUT2D eigenvalue weighted by Crippen LogP contribution is -2.14. The van der Waals surface area contributed by atoms with Crippen LogP contribution < -0.4 is 0 Å². The van der Waals surface area contributed by atoms with E-state index in [2.05, 4.69) is 6.07 Å². The van der Waals surface area contributed by atoms with Crippen LogP contribution in [0.25, 0.3) is 0 Å². The number of nitro groups is 1. The van der Waals surface area contributed by atoms with E-state index in [0.717, 1.165) is 0 Å². The van der Waals surface area contributed by atoms with Crippen LogP contribution in [0.4, 0.5) is 5.69 Å². The summed E-state index contributed by atoms with van der Waals surface area (Å²) >= 11 is 0. The van der Waals surface area contributed by atoms with Crippen molar-refractivity contribution in [1.29, 1.82) is 5.26 Å². The van der Waals surface area contributed by atoms with Crippen molar-refractivity contribution in [3.05, 3.63) is 38.9 Å². The smallest absolute Gasteiger partial charge is 0.258 e. The maximum absolute atomic E-state index is 10.9. The largest absolute Gasteiger partial charge is 0.273 e. The second-order valence-electron chi connectivity index (χ2n) is 4.80. The summed E-state index contributed by atoms with van der Waals surface area (Å²) < 4.78 is 0. The first-order chi connectivity index (χ1) is 7.27. The Labute approximate surface area is 94.7 Å². The average Bonchev–Trinajstić information content (AvgIpc) is 2.15. The Morgan fingerprint density at radius 3 is 2.31 bits per heavy atom. The molecule has 1 aromatic rings. The summed E-state index contributed by atoms with van der Waals surface area (Å²) in [6.45, 7) is 7.39. The summed E-state index contributed by atoms with van der Waals surface area (Å²) in [7, 11) is 0. The molecule has 4 heteroatoms. The van der Waals surface area contributed by atoms with Gasteiger partial charge in [0.1, 0.15) is 0 Å². The van der Waals surface area contributed by atoms with Crippen LogP contribution in [0, 0.1) is 28.4 Å². The number of rotatable bonds is 1. The number of aryl methyl sites for hydroxylation is 1. The van der Waals surface area contributed by atoms with E-state index in [9.17, 15) is 10.1 Å². The molecule has 0 saturated carbocycles. The molecule has 0 bridgehead atoms. The number of hydrogen-bond donors (Lipinski definition) is 0. The molecule has 1 rings (SSSR count). The average molecular weight is 218 g/mol. The number of nitrogens with zero attached hydrogens (tertiary/aromatic N) is 2. The van der Waals surface area contributed by atoms with Gasteiger partial charge in [-0.05, 0) is 24.0 Å². The predicted octanol–water partition coefficient (Wildman–Crippen LogP) is 3.07. The highest BCUT2D eigenvalue weighted by atomic mass is 16.6. The van der Waals surface area contributed by atoms with E-state index in [1.165, 1.54) is 6.07 Å². The molecule has 84 valence electrons. The van der Waals surface area contributed by atoms with Gasteiger partial charge in [-0.2, -0.15) is 5.26 Å². The van der Waals surface area contributed by atoms with E-state index in [0.29, 0.717) is 16.7 Å². The molecule has 0 atom stereocenters. The summed E-state index contributed by atoms with van der Waals surface area (Å²) in [5, 5.41) is 19.9. The van der Waals surface area contributed by atoms with Crippen molar-refractivity contribution in [3.8, 4) is 6.07 Å². The van der Waals surface area contributed by atoms with E-state index >= 15 is 0 Å². The van der Waals surface area contributed by atoms with E-state index in [1.807, 2.05) is 20.8 Å². The molecule has 0 amide bonds. The van der Waals surface area contributed by atoms with Crippen LogP contribution >= 0.6 is 0 Å². The van der Waals surface area contributed by atoms with Gasteiger partial charge >= 0.3 is 0 Å². The molecule has 0 radical (unpaired) electrons. The highest BCUT2D eigenvalue weighted by Gasteiger charge is 2.26. The zero-order chi connectivity index (χ0) is 12.5. The SMILES string of the molecule is Cc1cc([N+](=O)[O-])c(C(C)(C)C)cc1C#N. The quantitative estimate of drug-likeness (QED) is 0.537. The number of nitro benzene ring substituents is 1. The lowest BCUT2D eigenvalue weighted by atomic mass is 9.84. The van der Waals surface area contributed by atoms with Gasteiger partial charge in [0.15, 0.2) is 0 Å². The summed E-state index contributed by atoms with van der Waals surface area (Å²) in [4.78, 5) is 10.5. The second kappa shape index (κ2) is 3.93. The predicted molar refractivity (Wildman–Crippen MR) is 61.2 cm³/mol. The molecule has 0 N–H and O–H groups in total. The number of hydrogen-bond acceptors (Lipinski definition) is 3. The molecule has 0 fully saturated rings. The fraction of sp³-hybridized carbons (Fsp3) is 0.417. The van der Waals surface area contributed by atoms with Gasteiger partial charge in [-0.25, -0.2) is 0 Å². The summed E-state index contributed by atoms with van der Waals surface area (Å²) in [5.74, 6) is 0. The minimum absolute atomic E-state index is 0.0870. The summed E-state index contributed by atoms with van der Waals surface area (Å²) in [5.41, 5.74) is 1.48. The van der Waals surface area contributed by atoms with Crippen LogP contribution in [0.15, 0.2) is 12.1 Å². The molecular formula is C12H14N2O2. The van der Waals surface area contributed by atoms with Gasteiger partial charge in [0.2, 0.25) is 0 Å². The highest BCUT2D eigenvalue weighted by Crippen LogP contribution is 2.33. The van der Waals surface area contributed by atoms with Crippen molar-refractivity contribution in [2.24, 2.45) is 0 Å². The van der Waals surface area contributed by atoms with Gasteiger partial charge in [-0.1, -0.05) is 20.8 Å². The molecule has 0 aliphatic heterocycles. The monoisotopic (exact) mass is 218 g/mol. The van der Waals surface area contributed by atoms with Crippen molar-refractivity contribution in [2.75, 3.05) is 0 Å². The van der Waals surface area contributed by atoms with Gasteiger partial charge in [0.05, 0.1) is 16.6 Å². The van der Waals surface area contributed by atoms with E-state index in [4.69, 9.17) is 5.26 Å². The van der Waals surface area contributed by atoms with Crippen LogP contribution in [0.5, 0.6) is 0 Å². The topological polar surface area (TPSA) is 66.9 Å².